The van der Waals surface area contributed by atoms with E-state index >= 15 is 0 Å². The molecule has 0 radical (unpaired) electrons. The third-order valence-electron chi connectivity index (χ3n) is 34.9. The molecule has 0 saturated heterocycles. The van der Waals surface area contributed by atoms with Crippen molar-refractivity contribution in [3.63, 3.8) is 0 Å². The molecule has 596 valence electrons. The first kappa shape index (κ1) is 81.9. The Bertz CT molecular complexity index is 3460. The van der Waals surface area contributed by atoms with Crippen molar-refractivity contribution < 1.29 is 48.7 Å². The Morgan fingerprint density at radius 1 is 0.402 bits per heavy atom. The van der Waals surface area contributed by atoms with Gasteiger partial charge >= 0.3 is 0 Å². The minimum absolute atomic E-state index is 0.188. The minimum Gasteiger partial charge on any atom is -0.390 e. The van der Waals surface area contributed by atoms with Gasteiger partial charge in [0.15, 0.2) is 0 Å². The molecule has 13 fully saturated rings. The molecule has 0 heterocycles. The Balaban J connectivity index is 0.000000120. The summed E-state index contributed by atoms with van der Waals surface area (Å²) in [5, 5.41) is 42.8. The van der Waals surface area contributed by atoms with Crippen molar-refractivity contribution in [1.82, 2.24) is 0 Å². The van der Waals surface area contributed by atoms with Crippen LogP contribution in [0.2, 0.25) is 0 Å². The number of alkyl halides is 1. The highest BCUT2D eigenvalue weighted by Gasteiger charge is 2.63. The largest absolute Gasteiger partial charge is 0.390 e. The fraction of sp³-hybridized carbons (Fsp3) is 0.849. The molecule has 0 aromatic rings. The van der Waals surface area contributed by atoms with Crippen LogP contribution in [0, 0.1) is 158 Å². The zero-order valence-corrected chi connectivity index (χ0v) is 70.8. The van der Waals surface area contributed by atoms with E-state index < -0.39 is 29.1 Å². The van der Waals surface area contributed by atoms with E-state index in [4.69, 9.17) is 4.74 Å². The lowest BCUT2D eigenvalue weighted by Crippen LogP contribution is -2.49. The maximum absolute atomic E-state index is 13.3. The van der Waals surface area contributed by atoms with Gasteiger partial charge in [-0.15, -0.1) is 0 Å². The smallest absolute Gasteiger partial charge is 0.146 e. The van der Waals surface area contributed by atoms with Gasteiger partial charge in [-0.3, -0.25) is 19.2 Å². The first-order valence-corrected chi connectivity index (χ1v) is 49.0. The monoisotopic (exact) mass is 1550 g/mol. The second kappa shape index (κ2) is 32.8. The van der Waals surface area contributed by atoms with Crippen molar-refractivity contribution in [3.05, 3.63) is 46.6 Å². The number of halogens is 1. The number of ketones is 4. The van der Waals surface area contributed by atoms with Crippen molar-refractivity contribution in [2.75, 3.05) is 68.4 Å². The molecule has 0 amide bonds. The van der Waals surface area contributed by atoms with E-state index in [0.717, 1.165) is 151 Å². The number of allylic oxidation sites excluding steroid dienone is 4. The van der Waals surface area contributed by atoms with E-state index in [2.05, 4.69) is 76.4 Å². The van der Waals surface area contributed by atoms with E-state index in [9.17, 15) is 44.0 Å². The van der Waals surface area contributed by atoms with Crippen LogP contribution < -0.4 is 0 Å². The number of Topliss-reactive ketones (excluding diaryl/α,β-unsaturated/α-hetero) is 4. The summed E-state index contributed by atoms with van der Waals surface area (Å²) in [6, 6.07) is 0. The summed E-state index contributed by atoms with van der Waals surface area (Å²) in [5.74, 6) is 24.4. The normalized spacial score (nSPS) is 47.1. The lowest BCUT2D eigenvalue weighted by Gasteiger charge is -2.54. The molecule has 0 aliphatic heterocycles. The minimum atomic E-state index is -1.11. The van der Waals surface area contributed by atoms with Gasteiger partial charge in [-0.05, 0) is 360 Å². The molecule has 0 bridgehead atoms. The second-order valence-corrected chi connectivity index (χ2v) is 43.9. The number of hydrogen-bond donors (Lipinski definition) is 4. The fourth-order valence-electron chi connectivity index (χ4n) is 29.7. The Kier molecular flexibility index (Phi) is 25.1. The number of hydrogen-bond acceptors (Lipinski definition) is 13. The average Bonchev–Trinajstić information content (AvgIpc) is 1.68. The highest BCUT2D eigenvalue weighted by molar-refractivity contribution is 7.99. The molecule has 0 unspecified atom stereocenters. The molecule has 0 aromatic heterocycles. The van der Waals surface area contributed by atoms with Crippen LogP contribution in [0.15, 0.2) is 46.6 Å². The molecule has 28 atom stereocenters. The number of rotatable bonds is 15. The molecule has 0 aromatic carbocycles. The van der Waals surface area contributed by atoms with E-state index in [1.54, 1.807) is 59.7 Å². The third-order valence-corrected chi connectivity index (χ3v) is 37.1. The molecule has 4 N–H and O–H groups in total. The van der Waals surface area contributed by atoms with Crippen molar-refractivity contribution in [1.29, 1.82) is 0 Å². The number of ether oxygens (including phenoxy) is 1. The highest BCUT2D eigenvalue weighted by Crippen LogP contribution is 2.69. The lowest BCUT2D eigenvalue weighted by molar-refractivity contribution is -0.127. The molecule has 14 heteroatoms. The van der Waals surface area contributed by atoms with Gasteiger partial charge in [-0.2, -0.15) is 47.0 Å². The Hall–Kier alpha value is -1.67. The van der Waals surface area contributed by atoms with Gasteiger partial charge in [-0.25, -0.2) is 4.39 Å². The molecular formula is C93H139FO9S4. The van der Waals surface area contributed by atoms with Crippen LogP contribution in [0.25, 0.3) is 0 Å². The van der Waals surface area contributed by atoms with Crippen molar-refractivity contribution in [2.45, 2.75) is 275 Å². The molecule has 107 heavy (non-hydrogen) atoms. The number of carbonyl (C=O) groups is 4. The quantitative estimate of drug-likeness (QED) is 0.0908. The van der Waals surface area contributed by atoms with Crippen molar-refractivity contribution >= 4 is 70.2 Å². The summed E-state index contributed by atoms with van der Waals surface area (Å²) in [5.41, 5.74) is 3.74. The standard InChI is InChI=1S/C26H36O2S.C23H36O3S.C22H33FO2S.C22H34O2S/c1-25-12-10-20-19-11-14-26(28,13-9-17-3-4-17)15-18(19)5-6-21(20)22(25)7-8-23(25)24(27)16-29-2;1-22-10-8-17-16-9-11-23(25,14-26-2)12-15(16)4-5-18(17)19(22)6-7-20(22)21(24)13-27-3;1-21-9-7-16-15-8-10-22(25,13-23)11-14(15)3-4-17(16)18(21)5-6-19(21)20(24)12-26-2;1-21(24)10-8-15-14(12-21)4-5-17-16(15)9-11-22(2)18(17)6-7-19(22)20(23)13-25-3/h5,17,19-23,28H,3-4,6-8,10-12,14-16H2,1-2H3;4,16-20,25H,5-14H2,1-3H3;3,15-19,25H,4-13H2,1-2H3;4,15-19,24H,5-13H2,1-3H3/t19-,20+,21+,22-,23+,25-,26-;16-,17+,18+,19-,20+,22-,23-;2*15-,16+,17+,18-,19+,21-,22-/m0000/s1. The molecule has 17 aliphatic carbocycles. The zero-order valence-electron chi connectivity index (χ0n) is 67.6. The second-order valence-electron chi connectivity index (χ2n) is 40.5. The van der Waals surface area contributed by atoms with E-state index in [1.807, 2.05) is 19.4 Å². The SMILES string of the molecule is COC[C@]1(O)CC[C@H]2C(=CC[C@@H]3[C@@H]2CC[C@]2(C)[C@@H](C(=O)CSC)CC[C@@H]32)C1.CSCC(=O)[C@H]1CC[C@H]2[C@@H]3CC=C4C[C@@](C)(O)CC[C@@H]4[C@H]3CC[C@]12C.CSCC(=O)[C@H]1CC[C@H]2[C@@H]3CC=C4C[C@](O)(C#CC5CC5)CC[C@@H]4[C@H]3CC[C@]12C.CSCC(=O)[C@H]1CC[C@H]2[C@@H]3CC=C4C[C@](O)(CF)CC[C@@H]4[C@H]3CC[C@]12C. The molecule has 17 aliphatic rings. The molecule has 0 spiro atoms. The van der Waals surface area contributed by atoms with Gasteiger partial charge in [0.1, 0.15) is 35.4 Å². The summed E-state index contributed by atoms with van der Waals surface area (Å²) in [6.07, 6.45) is 54.8. The number of thioether (sulfide) groups is 4. The van der Waals surface area contributed by atoms with Gasteiger partial charge in [0.05, 0.1) is 46.4 Å². The lowest BCUT2D eigenvalue weighted by atomic mass is 9.51. The Morgan fingerprint density at radius 2 is 0.720 bits per heavy atom. The van der Waals surface area contributed by atoms with Crippen LogP contribution >= 0.6 is 47.0 Å². The molecule has 17 rings (SSSR count). The van der Waals surface area contributed by atoms with Crippen LogP contribution in [0.5, 0.6) is 0 Å². The van der Waals surface area contributed by atoms with Crippen molar-refractivity contribution in [3.8, 4) is 11.8 Å². The summed E-state index contributed by atoms with van der Waals surface area (Å²) in [6.45, 7) is 11.5. The topological polar surface area (TPSA) is 158 Å². The van der Waals surface area contributed by atoms with Crippen LogP contribution in [-0.4, -0.2) is 134 Å². The fourth-order valence-corrected chi connectivity index (χ4v) is 31.6. The first-order chi connectivity index (χ1) is 51.1. The van der Waals surface area contributed by atoms with Gasteiger partial charge < -0.3 is 25.2 Å². The maximum Gasteiger partial charge on any atom is 0.146 e. The highest BCUT2D eigenvalue weighted by atomic mass is 32.2. The average molecular weight is 1550 g/mol. The number of aliphatic hydroxyl groups is 4. The molecule has 9 nitrogen and oxygen atoms in total. The summed E-state index contributed by atoms with van der Waals surface area (Å²) < 4.78 is 18.5. The Morgan fingerprint density at radius 3 is 1.06 bits per heavy atom. The van der Waals surface area contributed by atoms with E-state index in [-0.39, 0.29) is 27.6 Å². The van der Waals surface area contributed by atoms with Gasteiger partial charge in [0.25, 0.3) is 0 Å². The number of fused-ring (bicyclic) bond motifs is 20. The van der Waals surface area contributed by atoms with Gasteiger partial charge in [0.2, 0.25) is 0 Å². The van der Waals surface area contributed by atoms with Crippen LogP contribution in [0.3, 0.4) is 0 Å². The summed E-state index contributed by atoms with van der Waals surface area (Å²) in [4.78, 5) is 51.0. The number of methoxy groups -OCH3 is 1. The van der Waals surface area contributed by atoms with Crippen LogP contribution in [0.4, 0.5) is 4.39 Å². The number of carbonyl (C=O) groups excluding carboxylic acids is 4. The summed E-state index contributed by atoms with van der Waals surface area (Å²) in [7, 11) is 1.69. The summed E-state index contributed by atoms with van der Waals surface area (Å²) >= 11 is 6.72. The van der Waals surface area contributed by atoms with E-state index in [1.165, 1.54) is 113 Å². The maximum atomic E-state index is 13.3. The van der Waals surface area contributed by atoms with Crippen molar-refractivity contribution in [2.24, 2.45) is 146 Å². The molecular weight excluding hydrogens is 1410 g/mol. The Labute approximate surface area is 662 Å². The van der Waals surface area contributed by atoms with Crippen LogP contribution in [0.1, 0.15) is 253 Å². The van der Waals surface area contributed by atoms with Gasteiger partial charge in [-0.1, -0.05) is 86.1 Å². The first-order valence-electron chi connectivity index (χ1n) is 43.4. The third kappa shape index (κ3) is 15.9. The van der Waals surface area contributed by atoms with Gasteiger partial charge in [0, 0.05) is 43.1 Å². The predicted octanol–water partition coefficient (Wildman–Crippen LogP) is 19.4. The zero-order chi connectivity index (χ0) is 75.8. The predicted molar refractivity (Wildman–Crippen MR) is 440 cm³/mol. The van der Waals surface area contributed by atoms with Crippen LogP contribution in [-0.2, 0) is 23.9 Å². The molecule has 13 saturated carbocycles. The van der Waals surface area contributed by atoms with E-state index in [0.29, 0.717) is 143 Å².